The van der Waals surface area contributed by atoms with E-state index in [9.17, 15) is 14.0 Å². The van der Waals surface area contributed by atoms with Gasteiger partial charge in [-0.05, 0) is 37.0 Å². The molecule has 1 saturated carbocycles. The standard InChI is InChI=1S/C13H15FN2O3/c14-8-3-4-9(13(18)19)11(5-8)16-12(17)6-10(15)7-1-2-7/h3-5,7,10H,1-2,6,15H2,(H,16,17)(H,18,19). The van der Waals surface area contributed by atoms with Gasteiger partial charge >= 0.3 is 5.97 Å². The predicted octanol–water partition coefficient (Wildman–Crippen LogP) is 1.59. The van der Waals surface area contributed by atoms with E-state index in [1.165, 1.54) is 0 Å². The third-order valence-electron chi connectivity index (χ3n) is 3.13. The van der Waals surface area contributed by atoms with E-state index >= 15 is 0 Å². The van der Waals surface area contributed by atoms with Gasteiger partial charge in [-0.3, -0.25) is 4.79 Å². The van der Waals surface area contributed by atoms with Crippen LogP contribution in [0.4, 0.5) is 10.1 Å². The van der Waals surface area contributed by atoms with E-state index in [0.717, 1.165) is 31.0 Å². The second-order valence-corrected chi connectivity index (χ2v) is 4.75. The fourth-order valence-corrected chi connectivity index (χ4v) is 1.91. The van der Waals surface area contributed by atoms with Gasteiger partial charge in [0, 0.05) is 12.5 Å². The summed E-state index contributed by atoms with van der Waals surface area (Å²) in [6, 6.07) is 2.93. The number of hydrogen-bond donors (Lipinski definition) is 3. The lowest BCUT2D eigenvalue weighted by Crippen LogP contribution is -2.29. The van der Waals surface area contributed by atoms with Crippen LogP contribution in [-0.4, -0.2) is 23.0 Å². The van der Waals surface area contributed by atoms with Crippen LogP contribution in [0.25, 0.3) is 0 Å². The first-order valence-corrected chi connectivity index (χ1v) is 6.05. The number of amides is 1. The highest BCUT2D eigenvalue weighted by atomic mass is 19.1. The lowest BCUT2D eigenvalue weighted by molar-refractivity contribution is -0.116. The Morgan fingerprint density at radius 2 is 2.16 bits per heavy atom. The minimum absolute atomic E-state index is 0.0412. The Morgan fingerprint density at radius 3 is 2.74 bits per heavy atom. The van der Waals surface area contributed by atoms with E-state index < -0.39 is 17.7 Å². The van der Waals surface area contributed by atoms with Gasteiger partial charge in [0.15, 0.2) is 0 Å². The summed E-state index contributed by atoms with van der Waals surface area (Å²) >= 11 is 0. The van der Waals surface area contributed by atoms with Crippen LogP contribution in [0.1, 0.15) is 29.6 Å². The van der Waals surface area contributed by atoms with Crippen LogP contribution in [0.3, 0.4) is 0 Å². The van der Waals surface area contributed by atoms with Gasteiger partial charge in [0.05, 0.1) is 11.3 Å². The molecule has 0 saturated heterocycles. The third kappa shape index (κ3) is 3.51. The number of nitrogens with one attached hydrogen (secondary N) is 1. The molecule has 1 aliphatic rings. The monoisotopic (exact) mass is 266 g/mol. The number of carbonyl (C=O) groups is 2. The number of benzene rings is 1. The topological polar surface area (TPSA) is 92.4 Å². The number of nitrogens with two attached hydrogens (primary N) is 1. The van der Waals surface area contributed by atoms with Gasteiger partial charge in [-0.25, -0.2) is 9.18 Å². The van der Waals surface area contributed by atoms with Gasteiger partial charge in [0.1, 0.15) is 5.82 Å². The van der Waals surface area contributed by atoms with Crippen LogP contribution in [0.2, 0.25) is 0 Å². The van der Waals surface area contributed by atoms with Gasteiger partial charge in [-0.1, -0.05) is 0 Å². The number of halogens is 1. The normalized spacial score (nSPS) is 15.9. The van der Waals surface area contributed by atoms with Crippen LogP contribution in [0.15, 0.2) is 18.2 Å². The fraction of sp³-hybridized carbons (Fsp3) is 0.385. The highest BCUT2D eigenvalue weighted by molar-refractivity contribution is 6.00. The van der Waals surface area contributed by atoms with Gasteiger partial charge in [-0.2, -0.15) is 0 Å². The molecule has 1 atom stereocenters. The average Bonchev–Trinajstić information content (AvgIpc) is 3.11. The van der Waals surface area contributed by atoms with Crippen molar-refractivity contribution in [3.8, 4) is 0 Å². The van der Waals surface area contributed by atoms with Crippen molar-refractivity contribution in [1.82, 2.24) is 0 Å². The number of rotatable bonds is 5. The molecule has 5 nitrogen and oxygen atoms in total. The number of carboxylic acid groups (broad SMARTS) is 1. The zero-order valence-corrected chi connectivity index (χ0v) is 10.2. The summed E-state index contributed by atoms with van der Waals surface area (Å²) in [6.45, 7) is 0. The molecule has 6 heteroatoms. The Kier molecular flexibility index (Phi) is 3.80. The second-order valence-electron chi connectivity index (χ2n) is 4.75. The maximum atomic E-state index is 13.1. The molecular formula is C13H15FN2O3. The van der Waals surface area contributed by atoms with Crippen molar-refractivity contribution in [3.63, 3.8) is 0 Å². The zero-order chi connectivity index (χ0) is 14.0. The van der Waals surface area contributed by atoms with Crippen LogP contribution < -0.4 is 11.1 Å². The van der Waals surface area contributed by atoms with E-state index in [-0.39, 0.29) is 23.7 Å². The summed E-state index contributed by atoms with van der Waals surface area (Å²) in [6.07, 6.45) is 2.16. The molecular weight excluding hydrogens is 251 g/mol. The number of carbonyl (C=O) groups excluding carboxylic acids is 1. The minimum Gasteiger partial charge on any atom is -0.478 e. The summed E-state index contributed by atoms with van der Waals surface area (Å²) < 4.78 is 13.1. The molecule has 1 aromatic carbocycles. The van der Waals surface area contributed by atoms with Gasteiger partial charge in [0.25, 0.3) is 0 Å². The summed E-state index contributed by atoms with van der Waals surface area (Å²) in [5.41, 5.74) is 5.63. The Bertz CT molecular complexity index is 515. The summed E-state index contributed by atoms with van der Waals surface area (Å²) in [4.78, 5) is 22.7. The maximum Gasteiger partial charge on any atom is 0.337 e. The van der Waals surface area contributed by atoms with E-state index in [4.69, 9.17) is 10.8 Å². The maximum absolute atomic E-state index is 13.1. The fourth-order valence-electron chi connectivity index (χ4n) is 1.91. The third-order valence-corrected chi connectivity index (χ3v) is 3.13. The molecule has 2 rings (SSSR count). The summed E-state index contributed by atoms with van der Waals surface area (Å²) in [7, 11) is 0. The van der Waals surface area contributed by atoms with Crippen LogP contribution in [-0.2, 0) is 4.79 Å². The molecule has 0 aromatic heterocycles. The molecule has 1 amide bonds. The lowest BCUT2D eigenvalue weighted by atomic mass is 10.1. The van der Waals surface area contributed by atoms with Crippen LogP contribution >= 0.6 is 0 Å². The van der Waals surface area contributed by atoms with Gasteiger partial charge < -0.3 is 16.2 Å². The van der Waals surface area contributed by atoms with E-state index in [1.54, 1.807) is 0 Å². The van der Waals surface area contributed by atoms with E-state index in [1.807, 2.05) is 0 Å². The molecule has 1 unspecified atom stereocenters. The van der Waals surface area contributed by atoms with Crippen LogP contribution in [0.5, 0.6) is 0 Å². The quantitative estimate of drug-likeness (QED) is 0.754. The molecule has 102 valence electrons. The highest BCUT2D eigenvalue weighted by Crippen LogP contribution is 2.32. The predicted molar refractivity (Wildman–Crippen MR) is 67.3 cm³/mol. The molecule has 1 aromatic rings. The average molecular weight is 266 g/mol. The van der Waals surface area contributed by atoms with Crippen molar-refractivity contribution < 1.29 is 19.1 Å². The Morgan fingerprint density at radius 1 is 1.47 bits per heavy atom. The molecule has 0 aliphatic heterocycles. The number of hydrogen-bond acceptors (Lipinski definition) is 3. The zero-order valence-electron chi connectivity index (χ0n) is 10.2. The smallest absolute Gasteiger partial charge is 0.337 e. The van der Waals surface area contributed by atoms with E-state index in [2.05, 4.69) is 5.32 Å². The van der Waals surface area contributed by atoms with Crippen LogP contribution in [0, 0.1) is 11.7 Å². The molecule has 1 aliphatic carbocycles. The summed E-state index contributed by atoms with van der Waals surface area (Å²) in [5.74, 6) is -1.85. The Balaban J connectivity index is 2.06. The molecule has 19 heavy (non-hydrogen) atoms. The molecule has 4 N–H and O–H groups in total. The second kappa shape index (κ2) is 5.36. The molecule has 0 bridgehead atoms. The molecule has 0 spiro atoms. The Labute approximate surface area is 109 Å². The van der Waals surface area contributed by atoms with E-state index in [0.29, 0.717) is 5.92 Å². The van der Waals surface area contributed by atoms with Crippen molar-refractivity contribution in [2.75, 3.05) is 5.32 Å². The lowest BCUT2D eigenvalue weighted by Gasteiger charge is -2.12. The van der Waals surface area contributed by atoms with Crippen molar-refractivity contribution >= 4 is 17.6 Å². The summed E-state index contributed by atoms with van der Waals surface area (Å²) in [5, 5.41) is 11.4. The highest BCUT2D eigenvalue weighted by Gasteiger charge is 2.30. The molecule has 0 heterocycles. The SMILES string of the molecule is NC(CC(=O)Nc1cc(F)ccc1C(=O)O)C1CC1. The number of anilines is 1. The number of aromatic carboxylic acids is 1. The van der Waals surface area contributed by atoms with Gasteiger partial charge in [-0.15, -0.1) is 0 Å². The first-order valence-electron chi connectivity index (χ1n) is 6.05. The molecule has 1 fully saturated rings. The Hall–Kier alpha value is -1.95. The minimum atomic E-state index is -1.22. The molecule has 0 radical (unpaired) electrons. The first kappa shape index (κ1) is 13.5. The largest absolute Gasteiger partial charge is 0.478 e. The van der Waals surface area contributed by atoms with Crippen molar-refractivity contribution in [2.45, 2.75) is 25.3 Å². The van der Waals surface area contributed by atoms with Crippen molar-refractivity contribution in [1.29, 1.82) is 0 Å². The van der Waals surface area contributed by atoms with Crippen molar-refractivity contribution in [2.24, 2.45) is 11.7 Å². The number of carboxylic acids is 1. The van der Waals surface area contributed by atoms with Gasteiger partial charge in [0.2, 0.25) is 5.91 Å². The first-order chi connectivity index (χ1) is 8.97. The van der Waals surface area contributed by atoms with Crippen molar-refractivity contribution in [3.05, 3.63) is 29.6 Å².